The number of rotatable bonds is 0. The Morgan fingerprint density at radius 1 is 0.556 bits per heavy atom. The maximum absolute atomic E-state index is 0. The summed E-state index contributed by atoms with van der Waals surface area (Å²) in [5, 5.41) is 0. The van der Waals surface area contributed by atoms with Crippen molar-refractivity contribution in [3.05, 3.63) is 0 Å². The van der Waals surface area contributed by atoms with Gasteiger partial charge in [-0.3, -0.25) is 0 Å². The van der Waals surface area contributed by atoms with Crippen LogP contribution in [0, 0.1) is 0 Å². The molecule has 0 aromatic carbocycles. The van der Waals surface area contributed by atoms with Crippen LogP contribution in [0.2, 0.25) is 0 Å². The van der Waals surface area contributed by atoms with E-state index in [1.54, 1.807) is 0 Å². The van der Waals surface area contributed by atoms with Gasteiger partial charge in [0.1, 0.15) is 0 Å². The largest absolute Gasteiger partial charge is 3.00 e. The van der Waals surface area contributed by atoms with Gasteiger partial charge in [0.2, 0.25) is 0 Å². The Bertz CT molecular complexity index is 29.4. The van der Waals surface area contributed by atoms with Crippen LogP contribution in [0.25, 0.3) is 0 Å². The third-order valence-electron chi connectivity index (χ3n) is 0. The van der Waals surface area contributed by atoms with Crippen molar-refractivity contribution in [1.82, 2.24) is 0 Å². The first-order valence-electron chi connectivity index (χ1n) is 0. The van der Waals surface area contributed by atoms with Gasteiger partial charge in [0.25, 0.3) is 0 Å². The van der Waals surface area contributed by atoms with E-state index in [0.717, 1.165) is 0 Å². The predicted octanol–water partition coefficient (Wildman–Crippen LogP) is -2.19. The van der Waals surface area contributed by atoms with Crippen LogP contribution in [0.5, 0.6) is 0 Å². The molecule has 0 saturated heterocycles. The summed E-state index contributed by atoms with van der Waals surface area (Å²) in [6.07, 6.45) is 0. The molecule has 0 spiro atoms. The van der Waals surface area contributed by atoms with Gasteiger partial charge in [-0.05, 0) is 0 Å². The van der Waals surface area contributed by atoms with Gasteiger partial charge < -0.3 is 22.1 Å². The van der Waals surface area contributed by atoms with Gasteiger partial charge >= 0.3 is 80.8 Å². The molecule has 0 amide bonds. The van der Waals surface area contributed by atoms with E-state index in [2.05, 4.69) is 0 Å². The first-order chi connectivity index (χ1) is 0. The van der Waals surface area contributed by atoms with Gasteiger partial charge in [-0.15, -0.1) is 0 Å². The van der Waals surface area contributed by atoms with E-state index in [1.807, 2.05) is 0 Å². The normalized spacial score (nSPS) is 0. The molecule has 0 atom stereocenters. The topological polar surface area (TPSA) is 85.5 Å². The van der Waals surface area contributed by atoms with Crippen LogP contribution in [0.15, 0.2) is 0 Å². The van der Waals surface area contributed by atoms with Gasteiger partial charge in [0, 0.05) is 21.9 Å². The standard InChI is InChI=1S/2Al.2Mg.3O.2Si.4H/q2*+3;2*+2;3*-2;;;4*-1. The molecule has 0 unspecified atom stereocenters. The van der Waals surface area contributed by atoms with E-state index in [4.69, 9.17) is 0 Å². The van der Waals surface area contributed by atoms with Crippen molar-refractivity contribution < 1.29 is 22.1 Å². The van der Waals surface area contributed by atoms with Crippen molar-refractivity contribution in [2.24, 2.45) is 0 Å². The molecule has 0 heterocycles. The molecule has 0 N–H and O–H groups in total. The van der Waals surface area contributed by atoms with Gasteiger partial charge in [-0.25, -0.2) is 0 Å². The second-order valence-electron chi connectivity index (χ2n) is 0. The van der Waals surface area contributed by atoms with Crippen LogP contribution in [-0.4, -0.2) is 103 Å². The SMILES string of the molecule is [Al+3].[Al+3].[H-].[H-].[H-].[H-].[Mg+2].[Mg+2].[O-2].[O-2].[O-2].[Si].[Si]. The van der Waals surface area contributed by atoms with E-state index in [-0.39, 0.29) is 125 Å². The number of hydrogen-bond acceptors (Lipinski definition) is 0. The second kappa shape index (κ2) is 126. The summed E-state index contributed by atoms with van der Waals surface area (Å²) in [4.78, 5) is 0. The van der Waals surface area contributed by atoms with Crippen LogP contribution < -0.4 is 0 Å². The average Bonchev–Trinajstić information content (AvgIpc) is 0. The van der Waals surface area contributed by atoms with Crippen LogP contribution >= 0.6 is 0 Å². The summed E-state index contributed by atoms with van der Waals surface area (Å²) in [5.74, 6) is 0. The maximum atomic E-state index is 0. The quantitative estimate of drug-likeness (QED) is 0.407. The van der Waals surface area contributed by atoms with Gasteiger partial charge in [0.15, 0.2) is 0 Å². The van der Waals surface area contributed by atoms with Crippen molar-refractivity contribution in [2.75, 3.05) is 0 Å². The Morgan fingerprint density at radius 3 is 0.556 bits per heavy atom. The van der Waals surface area contributed by atoms with Crippen molar-refractivity contribution in [1.29, 1.82) is 0 Å². The predicted molar refractivity (Wildman–Crippen MR) is 41.0 cm³/mol. The molecule has 9 heavy (non-hydrogen) atoms. The van der Waals surface area contributed by atoms with Crippen LogP contribution in [0.4, 0.5) is 0 Å². The monoisotopic (exact) mass is 210 g/mol. The zero-order valence-electron chi connectivity index (χ0n) is 8.79. The van der Waals surface area contributed by atoms with Crippen LogP contribution in [0.3, 0.4) is 0 Å². The Balaban J connectivity index is 0. The molecule has 0 aromatic heterocycles. The van der Waals surface area contributed by atoms with Crippen molar-refractivity contribution in [3.63, 3.8) is 0 Å². The molecular formula is H4Al2Mg2O3Si2. The zero-order valence-corrected chi connectivity index (χ0v) is 11.9. The molecule has 8 radical (unpaired) electrons. The third-order valence-corrected chi connectivity index (χ3v) is 0. The molecule has 0 aliphatic rings. The smallest absolute Gasteiger partial charge is 2.00 e. The van der Waals surface area contributed by atoms with Gasteiger partial charge in [-0.2, -0.15) is 0 Å². The summed E-state index contributed by atoms with van der Waals surface area (Å²) in [6.45, 7) is 0. The third kappa shape index (κ3) is 102. The number of hydrogen-bond donors (Lipinski definition) is 0. The van der Waals surface area contributed by atoms with E-state index >= 15 is 0 Å². The summed E-state index contributed by atoms with van der Waals surface area (Å²) >= 11 is 0. The van der Waals surface area contributed by atoms with Crippen molar-refractivity contribution >= 4 is 103 Å². The van der Waals surface area contributed by atoms with Crippen LogP contribution in [0.1, 0.15) is 5.71 Å². The fourth-order valence-corrected chi connectivity index (χ4v) is 0. The minimum Gasteiger partial charge on any atom is -2.00 e. The van der Waals surface area contributed by atoms with E-state index in [9.17, 15) is 0 Å². The molecule has 0 fully saturated rings. The molecule has 9 heteroatoms. The Morgan fingerprint density at radius 2 is 0.556 bits per heavy atom. The van der Waals surface area contributed by atoms with E-state index in [0.29, 0.717) is 0 Å². The molecular weight excluding hydrogens is 207 g/mol. The first kappa shape index (κ1) is 167. The molecule has 0 bridgehead atoms. The summed E-state index contributed by atoms with van der Waals surface area (Å²) in [5.41, 5.74) is 0. The minimum atomic E-state index is 0. The second-order valence-corrected chi connectivity index (χ2v) is 0. The minimum absolute atomic E-state index is 0. The molecule has 40 valence electrons. The summed E-state index contributed by atoms with van der Waals surface area (Å²) in [7, 11) is 0. The fourth-order valence-electron chi connectivity index (χ4n) is 0. The first-order valence-corrected chi connectivity index (χ1v) is 0. The zero-order chi connectivity index (χ0) is 0. The maximum Gasteiger partial charge on any atom is 3.00 e. The van der Waals surface area contributed by atoms with Crippen molar-refractivity contribution in [3.8, 4) is 0 Å². The molecule has 0 rings (SSSR count). The summed E-state index contributed by atoms with van der Waals surface area (Å²) in [6, 6.07) is 0. The Labute approximate surface area is 124 Å². The molecule has 0 aliphatic carbocycles. The van der Waals surface area contributed by atoms with Gasteiger partial charge in [-0.1, -0.05) is 0 Å². The summed E-state index contributed by atoms with van der Waals surface area (Å²) < 4.78 is 0. The molecule has 0 aliphatic heterocycles. The average molecular weight is 211 g/mol. The van der Waals surface area contributed by atoms with Gasteiger partial charge in [0.05, 0.1) is 0 Å². The van der Waals surface area contributed by atoms with Crippen molar-refractivity contribution in [2.45, 2.75) is 0 Å². The fraction of sp³-hybridized carbons (Fsp3) is 0. The van der Waals surface area contributed by atoms with E-state index in [1.165, 1.54) is 0 Å². The molecule has 0 aromatic rings. The van der Waals surface area contributed by atoms with E-state index < -0.39 is 0 Å². The molecule has 3 nitrogen and oxygen atoms in total. The Hall–Kier alpha value is 2.91. The molecule has 0 saturated carbocycles. The Kier molecular flexibility index (Phi) is 2350. The van der Waals surface area contributed by atoms with Crippen LogP contribution in [-0.2, 0) is 16.4 Å².